The van der Waals surface area contributed by atoms with Crippen LogP contribution in [0.4, 0.5) is 0 Å². The maximum Gasteiger partial charge on any atom is 0.209 e. The topological polar surface area (TPSA) is 69.6 Å². The van der Waals surface area contributed by atoms with Gasteiger partial charge in [0.25, 0.3) is 0 Å². The molecular formula is C10H19N5S. The fourth-order valence-corrected chi connectivity index (χ4v) is 2.84. The minimum atomic E-state index is 0.152. The highest BCUT2D eigenvalue weighted by Crippen LogP contribution is 2.32. The lowest BCUT2D eigenvalue weighted by Gasteiger charge is -2.16. The molecule has 6 heteroatoms. The standard InChI is InChI=1S/C10H19N5S/c1-7(11)8(2)16-10-12-13-14-15(10)9-5-3-4-6-9/h7-9H,3-6,11H2,1-2H3. The Balaban J connectivity index is 2.06. The Kier molecular flexibility index (Phi) is 3.81. The van der Waals surface area contributed by atoms with E-state index in [4.69, 9.17) is 5.73 Å². The number of hydrogen-bond acceptors (Lipinski definition) is 5. The number of thioether (sulfide) groups is 1. The number of tetrazole rings is 1. The van der Waals surface area contributed by atoms with Crippen LogP contribution in [0.3, 0.4) is 0 Å². The molecule has 0 amide bonds. The van der Waals surface area contributed by atoms with Crippen LogP contribution in [0, 0.1) is 0 Å². The lowest BCUT2D eigenvalue weighted by Crippen LogP contribution is -2.26. The lowest BCUT2D eigenvalue weighted by atomic mass is 10.3. The summed E-state index contributed by atoms with van der Waals surface area (Å²) in [5, 5.41) is 13.2. The molecule has 1 aliphatic carbocycles. The van der Waals surface area contributed by atoms with Crippen molar-refractivity contribution in [3.05, 3.63) is 0 Å². The van der Waals surface area contributed by atoms with Crippen molar-refractivity contribution in [3.63, 3.8) is 0 Å². The summed E-state index contributed by atoms with van der Waals surface area (Å²) in [7, 11) is 0. The van der Waals surface area contributed by atoms with Crippen molar-refractivity contribution in [2.24, 2.45) is 5.73 Å². The van der Waals surface area contributed by atoms with Crippen LogP contribution in [-0.4, -0.2) is 31.5 Å². The average Bonchev–Trinajstić information content (AvgIpc) is 2.85. The molecule has 1 heterocycles. The fraction of sp³-hybridized carbons (Fsp3) is 0.900. The maximum atomic E-state index is 5.86. The van der Waals surface area contributed by atoms with Crippen molar-refractivity contribution in [2.75, 3.05) is 0 Å². The molecule has 1 aromatic heterocycles. The number of hydrogen-bond donors (Lipinski definition) is 1. The van der Waals surface area contributed by atoms with Gasteiger partial charge in [0.1, 0.15) is 0 Å². The summed E-state index contributed by atoms with van der Waals surface area (Å²) in [6.45, 7) is 4.13. The summed E-state index contributed by atoms with van der Waals surface area (Å²) < 4.78 is 1.98. The van der Waals surface area contributed by atoms with Crippen molar-refractivity contribution >= 4 is 11.8 Å². The van der Waals surface area contributed by atoms with E-state index in [1.807, 2.05) is 11.6 Å². The third-order valence-electron chi connectivity index (χ3n) is 3.16. The molecule has 1 aliphatic rings. The monoisotopic (exact) mass is 241 g/mol. The summed E-state index contributed by atoms with van der Waals surface area (Å²) in [4.78, 5) is 0. The Morgan fingerprint density at radius 2 is 2.06 bits per heavy atom. The van der Waals surface area contributed by atoms with Crippen molar-refractivity contribution < 1.29 is 0 Å². The first-order chi connectivity index (χ1) is 7.68. The zero-order valence-electron chi connectivity index (χ0n) is 9.83. The SMILES string of the molecule is CC(N)C(C)Sc1nnnn1C1CCCC1. The summed E-state index contributed by atoms with van der Waals surface area (Å²) in [5.74, 6) is 0. The van der Waals surface area contributed by atoms with Crippen LogP contribution in [0.2, 0.25) is 0 Å². The number of nitrogens with zero attached hydrogens (tertiary/aromatic N) is 4. The molecule has 0 radical (unpaired) electrons. The number of nitrogens with two attached hydrogens (primary N) is 1. The van der Waals surface area contributed by atoms with Crippen LogP contribution in [0.5, 0.6) is 0 Å². The molecule has 0 spiro atoms. The molecular weight excluding hydrogens is 222 g/mol. The smallest absolute Gasteiger partial charge is 0.209 e. The van der Waals surface area contributed by atoms with Gasteiger partial charge < -0.3 is 5.73 Å². The Morgan fingerprint density at radius 1 is 1.38 bits per heavy atom. The van der Waals surface area contributed by atoms with E-state index in [-0.39, 0.29) is 6.04 Å². The van der Waals surface area contributed by atoms with Crippen LogP contribution in [-0.2, 0) is 0 Å². The van der Waals surface area contributed by atoms with Gasteiger partial charge in [0.15, 0.2) is 0 Å². The molecule has 1 fully saturated rings. The highest BCUT2D eigenvalue weighted by atomic mass is 32.2. The average molecular weight is 241 g/mol. The van der Waals surface area contributed by atoms with Gasteiger partial charge in [-0.2, -0.15) is 0 Å². The van der Waals surface area contributed by atoms with E-state index in [1.165, 1.54) is 25.7 Å². The molecule has 1 saturated carbocycles. The quantitative estimate of drug-likeness (QED) is 0.811. The zero-order valence-corrected chi connectivity index (χ0v) is 10.7. The summed E-state index contributed by atoms with van der Waals surface area (Å²) in [5.41, 5.74) is 5.86. The minimum Gasteiger partial charge on any atom is -0.327 e. The van der Waals surface area contributed by atoms with Crippen molar-refractivity contribution in [2.45, 2.75) is 62.0 Å². The molecule has 0 bridgehead atoms. The van der Waals surface area contributed by atoms with Gasteiger partial charge >= 0.3 is 0 Å². The van der Waals surface area contributed by atoms with Gasteiger partial charge in [-0.05, 0) is 30.2 Å². The molecule has 2 N–H and O–H groups in total. The van der Waals surface area contributed by atoms with Gasteiger partial charge in [-0.1, -0.05) is 31.5 Å². The van der Waals surface area contributed by atoms with E-state index in [2.05, 4.69) is 22.4 Å². The van der Waals surface area contributed by atoms with E-state index in [9.17, 15) is 0 Å². The van der Waals surface area contributed by atoms with E-state index in [1.54, 1.807) is 11.8 Å². The molecule has 2 rings (SSSR count). The fourth-order valence-electron chi connectivity index (χ4n) is 1.91. The van der Waals surface area contributed by atoms with Crippen molar-refractivity contribution in [3.8, 4) is 0 Å². The first-order valence-electron chi connectivity index (χ1n) is 5.88. The second kappa shape index (κ2) is 5.14. The third-order valence-corrected chi connectivity index (χ3v) is 4.45. The Hall–Kier alpha value is -0.620. The predicted molar refractivity (Wildman–Crippen MR) is 64.3 cm³/mol. The van der Waals surface area contributed by atoms with Crippen LogP contribution in [0.25, 0.3) is 0 Å². The molecule has 2 atom stereocenters. The molecule has 16 heavy (non-hydrogen) atoms. The Morgan fingerprint density at radius 3 is 2.69 bits per heavy atom. The highest BCUT2D eigenvalue weighted by molar-refractivity contribution is 7.99. The van der Waals surface area contributed by atoms with E-state index in [0.717, 1.165) is 5.16 Å². The number of aromatic nitrogens is 4. The first-order valence-corrected chi connectivity index (χ1v) is 6.76. The zero-order chi connectivity index (χ0) is 11.5. The largest absolute Gasteiger partial charge is 0.327 e. The summed E-state index contributed by atoms with van der Waals surface area (Å²) in [6, 6.07) is 0.650. The minimum absolute atomic E-state index is 0.152. The van der Waals surface area contributed by atoms with Crippen LogP contribution in [0.15, 0.2) is 5.16 Å². The first kappa shape index (κ1) is 11.9. The van der Waals surface area contributed by atoms with Crippen LogP contribution < -0.4 is 5.73 Å². The van der Waals surface area contributed by atoms with Gasteiger partial charge in [0.05, 0.1) is 6.04 Å². The second-order valence-corrected chi connectivity index (χ2v) is 5.87. The highest BCUT2D eigenvalue weighted by Gasteiger charge is 2.23. The summed E-state index contributed by atoms with van der Waals surface area (Å²) >= 11 is 1.67. The predicted octanol–water partition coefficient (Wildman–Crippen LogP) is 1.62. The third kappa shape index (κ3) is 2.55. The van der Waals surface area contributed by atoms with Gasteiger partial charge in [-0.3, -0.25) is 0 Å². The van der Waals surface area contributed by atoms with Gasteiger partial charge in [0, 0.05) is 11.3 Å². The van der Waals surface area contributed by atoms with E-state index >= 15 is 0 Å². The van der Waals surface area contributed by atoms with Crippen LogP contribution >= 0.6 is 11.8 Å². The van der Waals surface area contributed by atoms with Gasteiger partial charge in [0.2, 0.25) is 5.16 Å². The lowest BCUT2D eigenvalue weighted by molar-refractivity contribution is 0.422. The Bertz CT molecular complexity index is 332. The molecule has 90 valence electrons. The van der Waals surface area contributed by atoms with Gasteiger partial charge in [-0.15, -0.1) is 5.10 Å². The van der Waals surface area contributed by atoms with Crippen molar-refractivity contribution in [1.82, 2.24) is 20.2 Å². The summed E-state index contributed by atoms with van der Waals surface area (Å²) in [6.07, 6.45) is 4.98. The second-order valence-electron chi connectivity index (χ2n) is 4.53. The molecule has 5 nitrogen and oxygen atoms in total. The molecule has 1 aromatic rings. The molecule has 0 aliphatic heterocycles. The van der Waals surface area contributed by atoms with Gasteiger partial charge in [-0.25, -0.2) is 4.68 Å². The molecule has 0 saturated heterocycles. The van der Waals surface area contributed by atoms with Crippen molar-refractivity contribution in [1.29, 1.82) is 0 Å². The van der Waals surface area contributed by atoms with E-state index in [0.29, 0.717) is 11.3 Å². The normalized spacial score (nSPS) is 21.2. The number of rotatable bonds is 4. The van der Waals surface area contributed by atoms with E-state index < -0.39 is 0 Å². The molecule has 2 unspecified atom stereocenters. The van der Waals surface area contributed by atoms with Crippen LogP contribution in [0.1, 0.15) is 45.6 Å². The molecule has 0 aromatic carbocycles. The Labute approximate surface area is 100 Å². The maximum absolute atomic E-state index is 5.86.